The third kappa shape index (κ3) is 2.79. The van der Waals surface area contributed by atoms with E-state index >= 15 is 0 Å². The quantitative estimate of drug-likeness (QED) is 0.867. The first-order valence-corrected chi connectivity index (χ1v) is 6.31. The summed E-state index contributed by atoms with van der Waals surface area (Å²) in [6.07, 6.45) is 7.03. The summed E-state index contributed by atoms with van der Waals surface area (Å²) >= 11 is 0. The third-order valence-corrected chi connectivity index (χ3v) is 3.08. The highest BCUT2D eigenvalue weighted by Crippen LogP contribution is 2.20. The topological polar surface area (TPSA) is 47.7 Å². The lowest BCUT2D eigenvalue weighted by Crippen LogP contribution is -2.23. The third-order valence-electron chi connectivity index (χ3n) is 3.08. The Kier molecular flexibility index (Phi) is 3.81. The van der Waals surface area contributed by atoms with Crippen LogP contribution in [0.1, 0.15) is 29.8 Å². The van der Waals surface area contributed by atoms with Crippen molar-refractivity contribution in [2.45, 2.75) is 26.3 Å². The molecule has 0 amide bonds. The summed E-state index contributed by atoms with van der Waals surface area (Å²) in [5.41, 5.74) is 3.60. The average molecular weight is 247 g/mol. The lowest BCUT2D eigenvalue weighted by molar-refractivity contribution is 0.547. The van der Waals surface area contributed by atoms with E-state index in [9.17, 15) is 0 Å². The van der Waals surface area contributed by atoms with Crippen molar-refractivity contribution in [1.82, 2.24) is 24.9 Å². The molecular weight excluding hydrogens is 226 g/mol. The number of likely N-dealkylation sites (N-methyl/N-ethyl adjacent to an activating group) is 1. The van der Waals surface area contributed by atoms with Crippen LogP contribution >= 0.6 is 0 Å². The monoisotopic (exact) mass is 247 g/mol. The molecule has 1 unspecified atom stereocenters. The fraction of sp³-hybridized carbons (Fsp3) is 0.538. The zero-order valence-corrected chi connectivity index (χ0v) is 11.5. The molecule has 0 aliphatic carbocycles. The minimum absolute atomic E-state index is 0.299. The molecule has 0 aliphatic heterocycles. The number of nitrogens with zero attached hydrogens (tertiary/aromatic N) is 4. The zero-order valence-electron chi connectivity index (χ0n) is 11.5. The van der Waals surface area contributed by atoms with E-state index in [2.05, 4.69) is 41.8 Å². The number of hydrogen-bond acceptors (Lipinski definition) is 3. The van der Waals surface area contributed by atoms with Crippen LogP contribution in [0.15, 0.2) is 18.6 Å². The molecule has 0 spiro atoms. The lowest BCUT2D eigenvalue weighted by atomic mass is 10.0. The van der Waals surface area contributed by atoms with Gasteiger partial charge < -0.3 is 5.32 Å². The SMILES string of the molecule is CCNC(Cc1cnn(C)c1)c1cn(C)nc1C. The second-order valence-electron chi connectivity index (χ2n) is 4.68. The van der Waals surface area contributed by atoms with Crippen molar-refractivity contribution in [3.8, 4) is 0 Å². The second kappa shape index (κ2) is 5.35. The minimum Gasteiger partial charge on any atom is -0.310 e. The van der Waals surface area contributed by atoms with E-state index in [4.69, 9.17) is 0 Å². The zero-order chi connectivity index (χ0) is 13.1. The smallest absolute Gasteiger partial charge is 0.0641 e. The molecule has 2 rings (SSSR count). The molecule has 0 aliphatic rings. The Balaban J connectivity index is 2.20. The molecule has 0 fully saturated rings. The molecule has 5 heteroatoms. The first-order valence-electron chi connectivity index (χ1n) is 6.31. The Morgan fingerprint density at radius 2 is 2.06 bits per heavy atom. The van der Waals surface area contributed by atoms with Gasteiger partial charge in [0, 0.05) is 38.1 Å². The Hall–Kier alpha value is -1.62. The van der Waals surface area contributed by atoms with E-state index in [-0.39, 0.29) is 0 Å². The molecule has 2 aromatic rings. The van der Waals surface area contributed by atoms with Gasteiger partial charge in [0.15, 0.2) is 0 Å². The normalized spacial score (nSPS) is 12.9. The Labute approximate surface area is 108 Å². The van der Waals surface area contributed by atoms with Crippen molar-refractivity contribution in [2.75, 3.05) is 6.54 Å². The number of hydrogen-bond donors (Lipinski definition) is 1. The summed E-state index contributed by atoms with van der Waals surface area (Å²) in [4.78, 5) is 0. The number of aromatic nitrogens is 4. The number of aryl methyl sites for hydroxylation is 3. The molecule has 1 atom stereocenters. The highest BCUT2D eigenvalue weighted by atomic mass is 15.3. The molecule has 0 bridgehead atoms. The van der Waals surface area contributed by atoms with E-state index < -0.39 is 0 Å². The maximum Gasteiger partial charge on any atom is 0.0641 e. The molecule has 0 radical (unpaired) electrons. The van der Waals surface area contributed by atoms with E-state index in [1.165, 1.54) is 11.1 Å². The fourth-order valence-electron chi connectivity index (χ4n) is 2.31. The van der Waals surface area contributed by atoms with Crippen LogP contribution in [0.5, 0.6) is 0 Å². The molecule has 0 aromatic carbocycles. The molecule has 2 aromatic heterocycles. The van der Waals surface area contributed by atoms with Crippen molar-refractivity contribution in [3.63, 3.8) is 0 Å². The van der Waals surface area contributed by atoms with Gasteiger partial charge in [-0.1, -0.05) is 6.92 Å². The summed E-state index contributed by atoms with van der Waals surface area (Å²) in [7, 11) is 3.91. The van der Waals surface area contributed by atoms with Crippen LogP contribution in [-0.4, -0.2) is 26.1 Å². The standard InChI is InChI=1S/C13H21N5/c1-5-14-13(6-11-7-15-17(3)8-11)12-9-18(4)16-10(12)2/h7-9,13-14H,5-6H2,1-4H3. The summed E-state index contributed by atoms with van der Waals surface area (Å²) < 4.78 is 3.71. The van der Waals surface area contributed by atoms with E-state index in [0.717, 1.165) is 18.7 Å². The average Bonchev–Trinajstić information content (AvgIpc) is 2.84. The van der Waals surface area contributed by atoms with Gasteiger partial charge >= 0.3 is 0 Å². The summed E-state index contributed by atoms with van der Waals surface area (Å²) in [5, 5.41) is 12.2. The van der Waals surface area contributed by atoms with Gasteiger partial charge in [0.1, 0.15) is 0 Å². The first-order chi connectivity index (χ1) is 8.60. The van der Waals surface area contributed by atoms with Crippen molar-refractivity contribution in [2.24, 2.45) is 14.1 Å². The van der Waals surface area contributed by atoms with Crippen LogP contribution in [0.4, 0.5) is 0 Å². The minimum atomic E-state index is 0.299. The summed E-state index contributed by atoms with van der Waals surface area (Å²) in [6.45, 7) is 5.13. The Morgan fingerprint density at radius 3 is 2.56 bits per heavy atom. The molecule has 2 heterocycles. The summed E-state index contributed by atoms with van der Waals surface area (Å²) in [6, 6.07) is 0.299. The predicted molar refractivity (Wildman–Crippen MR) is 71.3 cm³/mol. The van der Waals surface area contributed by atoms with Crippen molar-refractivity contribution in [3.05, 3.63) is 35.4 Å². The fourth-order valence-corrected chi connectivity index (χ4v) is 2.31. The van der Waals surface area contributed by atoms with Crippen LogP contribution in [0.3, 0.4) is 0 Å². The first kappa shape index (κ1) is 12.8. The van der Waals surface area contributed by atoms with Gasteiger partial charge in [-0.15, -0.1) is 0 Å². The highest BCUT2D eigenvalue weighted by Gasteiger charge is 2.16. The maximum absolute atomic E-state index is 4.42. The number of rotatable bonds is 5. The van der Waals surface area contributed by atoms with Gasteiger partial charge in [-0.25, -0.2) is 0 Å². The second-order valence-corrected chi connectivity index (χ2v) is 4.68. The van der Waals surface area contributed by atoms with Gasteiger partial charge in [-0.3, -0.25) is 9.36 Å². The molecule has 0 saturated carbocycles. The Bertz CT molecular complexity index is 511. The van der Waals surface area contributed by atoms with Gasteiger partial charge in [-0.2, -0.15) is 10.2 Å². The maximum atomic E-state index is 4.42. The van der Waals surface area contributed by atoms with Crippen molar-refractivity contribution < 1.29 is 0 Å². The molecule has 1 N–H and O–H groups in total. The Morgan fingerprint density at radius 1 is 1.28 bits per heavy atom. The largest absolute Gasteiger partial charge is 0.310 e. The molecule has 18 heavy (non-hydrogen) atoms. The molecule has 98 valence electrons. The van der Waals surface area contributed by atoms with E-state index in [0.29, 0.717) is 6.04 Å². The number of nitrogens with one attached hydrogen (secondary N) is 1. The summed E-state index contributed by atoms with van der Waals surface area (Å²) in [5.74, 6) is 0. The van der Waals surface area contributed by atoms with Gasteiger partial charge in [0.2, 0.25) is 0 Å². The molecule has 5 nitrogen and oxygen atoms in total. The van der Waals surface area contributed by atoms with Crippen LogP contribution in [0.2, 0.25) is 0 Å². The molecular formula is C13H21N5. The molecule has 0 saturated heterocycles. The van der Waals surface area contributed by atoms with E-state index in [1.807, 2.05) is 29.7 Å². The van der Waals surface area contributed by atoms with Crippen molar-refractivity contribution in [1.29, 1.82) is 0 Å². The van der Waals surface area contributed by atoms with Crippen LogP contribution in [0, 0.1) is 6.92 Å². The van der Waals surface area contributed by atoms with Crippen LogP contribution < -0.4 is 5.32 Å². The van der Waals surface area contributed by atoms with Crippen LogP contribution in [0.25, 0.3) is 0 Å². The van der Waals surface area contributed by atoms with Crippen molar-refractivity contribution >= 4 is 0 Å². The van der Waals surface area contributed by atoms with Gasteiger partial charge in [-0.05, 0) is 25.5 Å². The van der Waals surface area contributed by atoms with Gasteiger partial charge in [0.25, 0.3) is 0 Å². The van der Waals surface area contributed by atoms with Crippen LogP contribution in [-0.2, 0) is 20.5 Å². The lowest BCUT2D eigenvalue weighted by Gasteiger charge is -2.16. The predicted octanol–water partition coefficient (Wildman–Crippen LogP) is 1.36. The highest BCUT2D eigenvalue weighted by molar-refractivity contribution is 5.23. The van der Waals surface area contributed by atoms with Gasteiger partial charge in [0.05, 0.1) is 11.9 Å². The van der Waals surface area contributed by atoms with E-state index in [1.54, 1.807) is 0 Å².